The van der Waals surface area contributed by atoms with Gasteiger partial charge in [0.25, 0.3) is 5.69 Å². The van der Waals surface area contributed by atoms with E-state index in [1.54, 1.807) is 12.1 Å². The van der Waals surface area contributed by atoms with Gasteiger partial charge in [-0.25, -0.2) is 9.18 Å². The number of carboxylic acid groups (broad SMARTS) is 1. The number of hydrogen-bond donors (Lipinski definition) is 1. The molecule has 0 radical (unpaired) electrons. The summed E-state index contributed by atoms with van der Waals surface area (Å²) in [5.74, 6) is -2.56. The number of hydrogen-bond acceptors (Lipinski definition) is 5. The third-order valence-corrected chi connectivity index (χ3v) is 2.43. The summed E-state index contributed by atoms with van der Waals surface area (Å²) >= 11 is 0. The number of carbonyl (C=O) groups is 1. The molecule has 0 amide bonds. The van der Waals surface area contributed by atoms with Crippen LogP contribution in [-0.2, 0) is 6.61 Å². The predicted octanol–water partition coefficient (Wildman–Crippen LogP) is 2.60. The number of benzene rings is 1. The SMILES string of the molecule is O=C(O)c1cc(OCc2ccco2)c(F)cc1[N+](=O)[O-]. The van der Waals surface area contributed by atoms with Gasteiger partial charge in [0.15, 0.2) is 11.6 Å². The highest BCUT2D eigenvalue weighted by Gasteiger charge is 2.24. The first-order chi connectivity index (χ1) is 9.49. The van der Waals surface area contributed by atoms with Crippen LogP contribution in [0.4, 0.5) is 10.1 Å². The van der Waals surface area contributed by atoms with Gasteiger partial charge in [0.2, 0.25) is 0 Å². The van der Waals surface area contributed by atoms with E-state index in [0.717, 1.165) is 6.07 Å². The molecule has 0 aliphatic heterocycles. The monoisotopic (exact) mass is 281 g/mol. The van der Waals surface area contributed by atoms with Gasteiger partial charge in [0.1, 0.15) is 17.9 Å². The maximum Gasteiger partial charge on any atom is 0.342 e. The first kappa shape index (κ1) is 13.5. The molecule has 0 fully saturated rings. The van der Waals surface area contributed by atoms with Crippen LogP contribution in [0.25, 0.3) is 0 Å². The lowest BCUT2D eigenvalue weighted by atomic mass is 10.1. The molecule has 7 nitrogen and oxygen atoms in total. The molecule has 104 valence electrons. The van der Waals surface area contributed by atoms with Crippen molar-refractivity contribution in [1.82, 2.24) is 0 Å². The third kappa shape index (κ3) is 2.74. The van der Waals surface area contributed by atoms with E-state index in [1.807, 2.05) is 0 Å². The first-order valence-electron chi connectivity index (χ1n) is 5.35. The lowest BCUT2D eigenvalue weighted by Gasteiger charge is -2.07. The van der Waals surface area contributed by atoms with Crippen molar-refractivity contribution < 1.29 is 28.4 Å². The van der Waals surface area contributed by atoms with E-state index >= 15 is 0 Å². The molecule has 1 aromatic heterocycles. The molecule has 1 N–H and O–H groups in total. The van der Waals surface area contributed by atoms with Crippen LogP contribution >= 0.6 is 0 Å². The van der Waals surface area contributed by atoms with Crippen molar-refractivity contribution in [3.63, 3.8) is 0 Å². The maximum absolute atomic E-state index is 13.6. The second-order valence-electron chi connectivity index (χ2n) is 3.73. The molecule has 0 atom stereocenters. The Labute approximate surface area is 111 Å². The molecule has 20 heavy (non-hydrogen) atoms. The number of carboxylic acids is 1. The Bertz CT molecular complexity index is 652. The summed E-state index contributed by atoms with van der Waals surface area (Å²) in [7, 11) is 0. The minimum absolute atomic E-state index is 0.124. The van der Waals surface area contributed by atoms with E-state index in [1.165, 1.54) is 6.26 Å². The minimum atomic E-state index is -1.54. The van der Waals surface area contributed by atoms with Crippen LogP contribution in [0.1, 0.15) is 16.1 Å². The van der Waals surface area contributed by atoms with Crippen LogP contribution in [0.15, 0.2) is 34.9 Å². The number of halogens is 1. The highest BCUT2D eigenvalue weighted by Crippen LogP contribution is 2.28. The molecule has 1 aromatic carbocycles. The average molecular weight is 281 g/mol. The van der Waals surface area contributed by atoms with Gasteiger partial charge in [-0.05, 0) is 12.1 Å². The van der Waals surface area contributed by atoms with Crippen molar-refractivity contribution in [3.05, 3.63) is 57.8 Å². The first-order valence-corrected chi connectivity index (χ1v) is 5.35. The summed E-state index contributed by atoms with van der Waals surface area (Å²) in [5.41, 5.74) is -1.48. The molecule has 2 rings (SSSR count). The average Bonchev–Trinajstić information content (AvgIpc) is 2.89. The molecule has 0 saturated heterocycles. The molecule has 2 aromatic rings. The largest absolute Gasteiger partial charge is 0.483 e. The van der Waals surface area contributed by atoms with Crippen LogP contribution in [0.5, 0.6) is 5.75 Å². The quantitative estimate of drug-likeness (QED) is 0.667. The van der Waals surface area contributed by atoms with Gasteiger partial charge < -0.3 is 14.3 Å². The smallest absolute Gasteiger partial charge is 0.342 e. The Hall–Kier alpha value is -2.90. The number of nitrogens with zero attached hydrogens (tertiary/aromatic N) is 1. The zero-order chi connectivity index (χ0) is 14.7. The molecule has 0 unspecified atom stereocenters. The Kier molecular flexibility index (Phi) is 3.65. The molecule has 0 bridgehead atoms. The summed E-state index contributed by atoms with van der Waals surface area (Å²) in [5, 5.41) is 19.5. The lowest BCUT2D eigenvalue weighted by Crippen LogP contribution is -2.05. The van der Waals surface area contributed by atoms with E-state index in [9.17, 15) is 19.3 Å². The fourth-order valence-corrected chi connectivity index (χ4v) is 1.52. The van der Waals surface area contributed by atoms with Crippen molar-refractivity contribution in [1.29, 1.82) is 0 Å². The number of nitro benzene ring substituents is 1. The number of furan rings is 1. The molecule has 0 saturated carbocycles. The van der Waals surface area contributed by atoms with Crippen molar-refractivity contribution in [2.75, 3.05) is 0 Å². The molecule has 8 heteroatoms. The van der Waals surface area contributed by atoms with E-state index in [4.69, 9.17) is 14.3 Å². The second-order valence-corrected chi connectivity index (χ2v) is 3.73. The van der Waals surface area contributed by atoms with Crippen LogP contribution < -0.4 is 4.74 Å². The molecule has 0 aliphatic rings. The van der Waals surface area contributed by atoms with Gasteiger partial charge in [-0.1, -0.05) is 0 Å². The Morgan fingerprint density at radius 3 is 2.80 bits per heavy atom. The van der Waals surface area contributed by atoms with Crippen molar-refractivity contribution in [3.8, 4) is 5.75 Å². The zero-order valence-electron chi connectivity index (χ0n) is 9.91. The summed E-state index contributed by atoms with van der Waals surface area (Å²) in [4.78, 5) is 20.6. The Balaban J connectivity index is 2.31. The topological polar surface area (TPSA) is 103 Å². The molecule has 0 spiro atoms. The Morgan fingerprint density at radius 1 is 1.50 bits per heavy atom. The van der Waals surface area contributed by atoms with Gasteiger partial charge in [0, 0.05) is 6.07 Å². The van der Waals surface area contributed by atoms with Gasteiger partial charge in [-0.3, -0.25) is 10.1 Å². The number of ether oxygens (including phenoxy) is 1. The zero-order valence-corrected chi connectivity index (χ0v) is 9.91. The summed E-state index contributed by atoms with van der Waals surface area (Å²) < 4.78 is 23.6. The van der Waals surface area contributed by atoms with Crippen LogP contribution in [-0.4, -0.2) is 16.0 Å². The number of rotatable bonds is 5. The predicted molar refractivity (Wildman–Crippen MR) is 63.1 cm³/mol. The summed E-state index contributed by atoms with van der Waals surface area (Å²) in [6, 6.07) is 4.48. The highest BCUT2D eigenvalue weighted by atomic mass is 19.1. The Morgan fingerprint density at radius 2 is 2.25 bits per heavy atom. The van der Waals surface area contributed by atoms with E-state index in [2.05, 4.69) is 0 Å². The van der Waals surface area contributed by atoms with Crippen LogP contribution in [0.3, 0.4) is 0 Å². The minimum Gasteiger partial charge on any atom is -0.483 e. The fourth-order valence-electron chi connectivity index (χ4n) is 1.52. The maximum atomic E-state index is 13.6. The molecular weight excluding hydrogens is 273 g/mol. The van der Waals surface area contributed by atoms with Gasteiger partial charge in [-0.2, -0.15) is 0 Å². The number of nitro groups is 1. The van der Waals surface area contributed by atoms with Crippen molar-refractivity contribution in [2.45, 2.75) is 6.61 Å². The third-order valence-electron chi connectivity index (χ3n) is 2.43. The van der Waals surface area contributed by atoms with Crippen LogP contribution in [0, 0.1) is 15.9 Å². The molecular formula is C12H8FNO6. The second kappa shape index (κ2) is 5.39. The molecule has 0 aliphatic carbocycles. The molecule has 1 heterocycles. The lowest BCUT2D eigenvalue weighted by molar-refractivity contribution is -0.385. The number of aromatic carboxylic acids is 1. The van der Waals surface area contributed by atoms with Crippen molar-refractivity contribution >= 4 is 11.7 Å². The highest BCUT2D eigenvalue weighted by molar-refractivity contribution is 5.92. The van der Waals surface area contributed by atoms with E-state index in [0.29, 0.717) is 11.8 Å². The standard InChI is InChI=1S/C12H8FNO6/c13-9-5-10(14(17)18)8(12(15)16)4-11(9)20-6-7-2-1-3-19-7/h1-5H,6H2,(H,15,16). The summed E-state index contributed by atoms with van der Waals surface area (Å²) in [6.07, 6.45) is 1.40. The van der Waals surface area contributed by atoms with Crippen molar-refractivity contribution in [2.24, 2.45) is 0 Å². The normalized spacial score (nSPS) is 10.2. The van der Waals surface area contributed by atoms with E-state index < -0.39 is 33.7 Å². The summed E-state index contributed by atoms with van der Waals surface area (Å²) in [6.45, 7) is -0.124. The van der Waals surface area contributed by atoms with E-state index in [-0.39, 0.29) is 6.61 Å². The van der Waals surface area contributed by atoms with Gasteiger partial charge in [0.05, 0.1) is 17.3 Å². The fraction of sp³-hybridized carbons (Fsp3) is 0.0833. The van der Waals surface area contributed by atoms with Gasteiger partial charge in [-0.15, -0.1) is 0 Å². The van der Waals surface area contributed by atoms with Gasteiger partial charge >= 0.3 is 5.97 Å². The van der Waals surface area contributed by atoms with Crippen LogP contribution in [0.2, 0.25) is 0 Å².